The van der Waals surface area contributed by atoms with Crippen LogP contribution in [0.25, 0.3) is 6.08 Å². The maximum Gasteiger partial charge on any atom is 0.193 e. The van der Waals surface area contributed by atoms with E-state index in [2.05, 4.69) is 0 Å². The molecule has 0 aromatic heterocycles. The van der Waals surface area contributed by atoms with Gasteiger partial charge in [0, 0.05) is 16.7 Å². The number of aryl methyl sites for hydroxylation is 1. The van der Waals surface area contributed by atoms with Gasteiger partial charge in [-0.2, -0.15) is 0 Å². The van der Waals surface area contributed by atoms with Crippen LogP contribution in [0.1, 0.15) is 40.9 Å². The molecule has 2 rings (SSSR count). The third-order valence-electron chi connectivity index (χ3n) is 3.56. The molecule has 0 bridgehead atoms. The molecule has 2 aromatic rings. The van der Waals surface area contributed by atoms with Gasteiger partial charge in [-0.15, -0.1) is 0 Å². The quantitative estimate of drug-likeness (QED) is 0.840. The maximum absolute atomic E-state index is 12.7. The van der Waals surface area contributed by atoms with Crippen molar-refractivity contribution >= 4 is 11.9 Å². The standard InChI is InChI=1S/C19H20O3/c1-4-7-14-10-13(5-2)17(12-18(14)20)19(21)15-8-6-9-16(11-15)22-3/h4,6-12,20H,5H2,1-3H3/b7-4+. The molecular formula is C19H20O3. The fourth-order valence-electron chi connectivity index (χ4n) is 2.39. The Hall–Kier alpha value is -2.55. The second-order valence-electron chi connectivity index (χ2n) is 4.98. The lowest BCUT2D eigenvalue weighted by molar-refractivity contribution is 0.103. The Bertz CT molecular complexity index is 715. The number of hydrogen-bond donors (Lipinski definition) is 1. The first-order valence-corrected chi connectivity index (χ1v) is 7.28. The van der Waals surface area contributed by atoms with Gasteiger partial charge in [-0.3, -0.25) is 4.79 Å². The van der Waals surface area contributed by atoms with E-state index in [4.69, 9.17) is 4.74 Å². The highest BCUT2D eigenvalue weighted by molar-refractivity contribution is 6.10. The summed E-state index contributed by atoms with van der Waals surface area (Å²) >= 11 is 0. The molecule has 0 atom stereocenters. The van der Waals surface area contributed by atoms with Gasteiger partial charge in [-0.25, -0.2) is 0 Å². The molecule has 0 saturated carbocycles. The first-order valence-electron chi connectivity index (χ1n) is 7.28. The molecule has 0 unspecified atom stereocenters. The molecular weight excluding hydrogens is 276 g/mol. The Kier molecular flexibility index (Phi) is 4.99. The predicted octanol–water partition coefficient (Wildman–Crippen LogP) is 4.23. The zero-order valence-electron chi connectivity index (χ0n) is 13.1. The molecule has 0 amide bonds. The van der Waals surface area contributed by atoms with E-state index >= 15 is 0 Å². The number of rotatable bonds is 5. The SMILES string of the molecule is C/C=C/c1cc(CC)c(C(=O)c2cccc(OC)c2)cc1O. The predicted molar refractivity (Wildman–Crippen MR) is 88.6 cm³/mol. The normalized spacial score (nSPS) is 10.9. The number of ether oxygens (including phenoxy) is 1. The van der Waals surface area contributed by atoms with Crippen LogP contribution in [-0.2, 0) is 6.42 Å². The van der Waals surface area contributed by atoms with Crippen LogP contribution in [0.5, 0.6) is 11.5 Å². The fraction of sp³-hybridized carbons (Fsp3) is 0.211. The molecule has 1 N–H and O–H groups in total. The van der Waals surface area contributed by atoms with Crippen LogP contribution in [0, 0.1) is 0 Å². The monoisotopic (exact) mass is 296 g/mol. The van der Waals surface area contributed by atoms with Crippen molar-refractivity contribution in [2.45, 2.75) is 20.3 Å². The van der Waals surface area contributed by atoms with Gasteiger partial charge in [0.25, 0.3) is 0 Å². The Morgan fingerprint density at radius 3 is 2.68 bits per heavy atom. The highest BCUT2D eigenvalue weighted by atomic mass is 16.5. The number of allylic oxidation sites excluding steroid dienone is 1. The van der Waals surface area contributed by atoms with Crippen LogP contribution in [0.4, 0.5) is 0 Å². The van der Waals surface area contributed by atoms with Crippen LogP contribution < -0.4 is 4.74 Å². The lowest BCUT2D eigenvalue weighted by atomic mass is 9.94. The molecule has 0 heterocycles. The van der Waals surface area contributed by atoms with Gasteiger partial charge < -0.3 is 9.84 Å². The van der Waals surface area contributed by atoms with Crippen molar-refractivity contribution in [2.24, 2.45) is 0 Å². The average Bonchev–Trinajstić information content (AvgIpc) is 2.56. The highest BCUT2D eigenvalue weighted by Crippen LogP contribution is 2.27. The van der Waals surface area contributed by atoms with E-state index in [1.807, 2.05) is 32.1 Å². The molecule has 3 heteroatoms. The number of carbonyl (C=O) groups excluding carboxylic acids is 1. The molecule has 0 radical (unpaired) electrons. The van der Waals surface area contributed by atoms with Crippen molar-refractivity contribution in [1.82, 2.24) is 0 Å². The van der Waals surface area contributed by atoms with Crippen molar-refractivity contribution in [2.75, 3.05) is 7.11 Å². The summed E-state index contributed by atoms with van der Waals surface area (Å²) in [5.74, 6) is 0.637. The number of aromatic hydroxyl groups is 1. The number of methoxy groups -OCH3 is 1. The van der Waals surface area contributed by atoms with Crippen LogP contribution >= 0.6 is 0 Å². The minimum atomic E-state index is -0.113. The fourth-order valence-corrected chi connectivity index (χ4v) is 2.39. The summed E-state index contributed by atoms with van der Waals surface area (Å²) in [5.41, 5.74) is 2.72. The topological polar surface area (TPSA) is 46.5 Å². The third-order valence-corrected chi connectivity index (χ3v) is 3.56. The third kappa shape index (κ3) is 3.19. The molecule has 3 nitrogen and oxygen atoms in total. The summed E-state index contributed by atoms with van der Waals surface area (Å²) in [5, 5.41) is 10.1. The molecule has 0 fully saturated rings. The summed E-state index contributed by atoms with van der Waals surface area (Å²) in [6.45, 7) is 3.88. The molecule has 0 aliphatic heterocycles. The van der Waals surface area contributed by atoms with Gasteiger partial charge in [0.15, 0.2) is 5.78 Å². The van der Waals surface area contributed by atoms with E-state index in [1.165, 1.54) is 0 Å². The van der Waals surface area contributed by atoms with Crippen LogP contribution in [0.15, 0.2) is 42.5 Å². The summed E-state index contributed by atoms with van der Waals surface area (Å²) < 4.78 is 5.16. The Morgan fingerprint density at radius 1 is 1.27 bits per heavy atom. The second-order valence-corrected chi connectivity index (χ2v) is 4.98. The first kappa shape index (κ1) is 15.8. The van der Waals surface area contributed by atoms with Gasteiger partial charge in [-0.05, 0) is 43.2 Å². The van der Waals surface area contributed by atoms with Crippen molar-refractivity contribution in [3.05, 3.63) is 64.7 Å². The van der Waals surface area contributed by atoms with Crippen molar-refractivity contribution < 1.29 is 14.6 Å². The van der Waals surface area contributed by atoms with Crippen molar-refractivity contribution in [3.63, 3.8) is 0 Å². The van der Waals surface area contributed by atoms with Crippen molar-refractivity contribution in [3.8, 4) is 11.5 Å². The largest absolute Gasteiger partial charge is 0.507 e. The summed E-state index contributed by atoms with van der Waals surface area (Å²) in [4.78, 5) is 12.7. The molecule has 0 saturated heterocycles. The lowest BCUT2D eigenvalue weighted by Crippen LogP contribution is -2.06. The zero-order chi connectivity index (χ0) is 16.1. The van der Waals surface area contributed by atoms with E-state index in [0.717, 1.165) is 17.5 Å². The highest BCUT2D eigenvalue weighted by Gasteiger charge is 2.16. The minimum Gasteiger partial charge on any atom is -0.507 e. The average molecular weight is 296 g/mol. The van der Waals surface area contributed by atoms with Crippen LogP contribution in [0.3, 0.4) is 0 Å². The Labute approximate surface area is 130 Å². The molecule has 0 spiro atoms. The van der Waals surface area contributed by atoms with Crippen LogP contribution in [0.2, 0.25) is 0 Å². The number of phenols is 1. The van der Waals surface area contributed by atoms with Gasteiger partial charge in [-0.1, -0.05) is 31.2 Å². The van der Waals surface area contributed by atoms with Gasteiger partial charge in [0.1, 0.15) is 11.5 Å². The Balaban J connectivity index is 2.50. The molecule has 22 heavy (non-hydrogen) atoms. The molecule has 0 aliphatic carbocycles. The van der Waals surface area contributed by atoms with Gasteiger partial charge >= 0.3 is 0 Å². The number of benzene rings is 2. The lowest BCUT2D eigenvalue weighted by Gasteiger charge is -2.11. The van der Waals surface area contributed by atoms with Gasteiger partial charge in [0.2, 0.25) is 0 Å². The number of phenolic OH excluding ortho intramolecular Hbond substituents is 1. The van der Waals surface area contributed by atoms with E-state index in [0.29, 0.717) is 16.9 Å². The minimum absolute atomic E-state index is 0.113. The Morgan fingerprint density at radius 2 is 2.05 bits per heavy atom. The first-order chi connectivity index (χ1) is 10.6. The molecule has 0 aliphatic rings. The van der Waals surface area contributed by atoms with E-state index in [9.17, 15) is 9.90 Å². The van der Waals surface area contributed by atoms with E-state index in [-0.39, 0.29) is 11.5 Å². The maximum atomic E-state index is 12.7. The van der Waals surface area contributed by atoms with E-state index < -0.39 is 0 Å². The zero-order valence-corrected chi connectivity index (χ0v) is 13.1. The summed E-state index contributed by atoms with van der Waals surface area (Å²) in [6.07, 6.45) is 4.40. The molecule has 2 aromatic carbocycles. The van der Waals surface area contributed by atoms with Crippen molar-refractivity contribution in [1.29, 1.82) is 0 Å². The number of hydrogen-bond acceptors (Lipinski definition) is 3. The van der Waals surface area contributed by atoms with Crippen LogP contribution in [-0.4, -0.2) is 18.0 Å². The number of carbonyl (C=O) groups is 1. The molecule has 114 valence electrons. The smallest absolute Gasteiger partial charge is 0.193 e. The second kappa shape index (κ2) is 6.94. The summed E-state index contributed by atoms with van der Waals surface area (Å²) in [7, 11) is 1.57. The summed E-state index contributed by atoms with van der Waals surface area (Å²) in [6, 6.07) is 10.5. The van der Waals surface area contributed by atoms with E-state index in [1.54, 1.807) is 37.4 Å². The van der Waals surface area contributed by atoms with Gasteiger partial charge in [0.05, 0.1) is 7.11 Å². The number of ketones is 1.